The number of hydrogen-bond acceptors (Lipinski definition) is 2. The van der Waals surface area contributed by atoms with Gasteiger partial charge in [-0.2, -0.15) is 0 Å². The van der Waals surface area contributed by atoms with Crippen molar-refractivity contribution >= 4 is 5.91 Å². The molecular formula is C20H30N2O. The Bertz CT molecular complexity index is 502. The molecule has 1 aromatic carbocycles. The Morgan fingerprint density at radius 1 is 1.09 bits per heavy atom. The molecule has 3 heteroatoms. The fourth-order valence-electron chi connectivity index (χ4n) is 4.15. The topological polar surface area (TPSA) is 23.6 Å². The third kappa shape index (κ3) is 3.77. The molecule has 23 heavy (non-hydrogen) atoms. The van der Waals surface area contributed by atoms with Gasteiger partial charge in [-0.1, -0.05) is 37.3 Å². The highest BCUT2D eigenvalue weighted by Crippen LogP contribution is 2.31. The molecular weight excluding hydrogens is 284 g/mol. The second-order valence-corrected chi connectivity index (χ2v) is 7.42. The Kier molecular flexibility index (Phi) is 5.37. The molecule has 3 rings (SSSR count). The Hall–Kier alpha value is -1.35. The summed E-state index contributed by atoms with van der Waals surface area (Å²) in [7, 11) is 2.02. The summed E-state index contributed by atoms with van der Waals surface area (Å²) in [6, 6.07) is 10.7. The van der Waals surface area contributed by atoms with E-state index in [4.69, 9.17) is 0 Å². The van der Waals surface area contributed by atoms with Crippen molar-refractivity contribution in [3.05, 3.63) is 35.9 Å². The van der Waals surface area contributed by atoms with Crippen molar-refractivity contribution in [3.63, 3.8) is 0 Å². The summed E-state index contributed by atoms with van der Waals surface area (Å²) in [5.41, 5.74) is 1.15. The zero-order valence-corrected chi connectivity index (χ0v) is 14.6. The van der Waals surface area contributed by atoms with Crippen LogP contribution in [0.2, 0.25) is 0 Å². The van der Waals surface area contributed by atoms with Crippen molar-refractivity contribution in [1.82, 2.24) is 9.80 Å². The summed E-state index contributed by atoms with van der Waals surface area (Å²) in [6.45, 7) is 4.41. The van der Waals surface area contributed by atoms with E-state index in [-0.39, 0.29) is 11.9 Å². The molecule has 1 unspecified atom stereocenters. The molecule has 1 saturated carbocycles. The first-order valence-electron chi connectivity index (χ1n) is 9.22. The maximum absolute atomic E-state index is 13.3. The molecule has 0 spiro atoms. The van der Waals surface area contributed by atoms with E-state index in [9.17, 15) is 4.79 Å². The van der Waals surface area contributed by atoms with Gasteiger partial charge in [-0.25, -0.2) is 0 Å². The van der Waals surface area contributed by atoms with Crippen LogP contribution in [0.1, 0.15) is 57.1 Å². The minimum Gasteiger partial charge on any atom is -0.341 e. The average molecular weight is 314 g/mol. The number of nitrogens with zero attached hydrogens (tertiary/aromatic N) is 2. The number of likely N-dealkylation sites (N-methyl/N-ethyl adjacent to an activating group) is 1. The third-order valence-electron chi connectivity index (χ3n) is 5.74. The van der Waals surface area contributed by atoms with E-state index in [2.05, 4.69) is 28.9 Å². The molecule has 1 atom stereocenters. The van der Waals surface area contributed by atoms with E-state index in [1.54, 1.807) is 0 Å². The molecule has 0 bridgehead atoms. The quantitative estimate of drug-likeness (QED) is 0.842. The SMILES string of the molecule is CC1CCC(N(C)C(=O)C(c2ccccc2)N2CCCC2)CC1. The van der Waals surface area contributed by atoms with Crippen LogP contribution in [0.15, 0.2) is 30.3 Å². The third-order valence-corrected chi connectivity index (χ3v) is 5.74. The maximum Gasteiger partial charge on any atom is 0.244 e. The zero-order chi connectivity index (χ0) is 16.2. The minimum atomic E-state index is -0.0944. The Labute approximate surface area is 140 Å². The number of amides is 1. The first-order valence-corrected chi connectivity index (χ1v) is 9.22. The number of carbonyl (C=O) groups excluding carboxylic acids is 1. The fourth-order valence-corrected chi connectivity index (χ4v) is 4.15. The van der Waals surface area contributed by atoms with Gasteiger partial charge in [-0.15, -0.1) is 0 Å². The van der Waals surface area contributed by atoms with Crippen molar-refractivity contribution in [2.24, 2.45) is 5.92 Å². The van der Waals surface area contributed by atoms with Crippen LogP contribution in [-0.4, -0.2) is 41.9 Å². The van der Waals surface area contributed by atoms with Crippen LogP contribution >= 0.6 is 0 Å². The lowest BCUT2D eigenvalue weighted by molar-refractivity contribution is -0.138. The van der Waals surface area contributed by atoms with Crippen LogP contribution < -0.4 is 0 Å². The molecule has 0 N–H and O–H groups in total. The molecule has 1 aliphatic heterocycles. The van der Waals surface area contributed by atoms with E-state index in [0.29, 0.717) is 6.04 Å². The summed E-state index contributed by atoms with van der Waals surface area (Å²) in [4.78, 5) is 17.7. The van der Waals surface area contributed by atoms with Gasteiger partial charge in [-0.05, 0) is 63.1 Å². The molecule has 2 aliphatic rings. The van der Waals surface area contributed by atoms with Gasteiger partial charge in [0, 0.05) is 13.1 Å². The van der Waals surface area contributed by atoms with Crippen LogP contribution in [0.4, 0.5) is 0 Å². The van der Waals surface area contributed by atoms with Crippen molar-refractivity contribution in [2.45, 2.75) is 57.5 Å². The van der Waals surface area contributed by atoms with Gasteiger partial charge in [0.2, 0.25) is 5.91 Å². The summed E-state index contributed by atoms with van der Waals surface area (Å²) >= 11 is 0. The lowest BCUT2D eigenvalue weighted by atomic mass is 9.86. The number of hydrogen-bond donors (Lipinski definition) is 0. The van der Waals surface area contributed by atoms with Gasteiger partial charge in [0.1, 0.15) is 6.04 Å². The van der Waals surface area contributed by atoms with Gasteiger partial charge < -0.3 is 4.90 Å². The second-order valence-electron chi connectivity index (χ2n) is 7.42. The monoisotopic (exact) mass is 314 g/mol. The lowest BCUT2D eigenvalue weighted by Gasteiger charge is -2.37. The summed E-state index contributed by atoms with van der Waals surface area (Å²) in [5.74, 6) is 1.11. The van der Waals surface area contributed by atoms with Crippen LogP contribution in [0.5, 0.6) is 0 Å². The highest BCUT2D eigenvalue weighted by atomic mass is 16.2. The smallest absolute Gasteiger partial charge is 0.244 e. The van der Waals surface area contributed by atoms with E-state index < -0.39 is 0 Å². The van der Waals surface area contributed by atoms with E-state index >= 15 is 0 Å². The molecule has 1 aromatic rings. The van der Waals surface area contributed by atoms with E-state index in [1.807, 2.05) is 25.2 Å². The highest BCUT2D eigenvalue weighted by Gasteiger charge is 2.34. The maximum atomic E-state index is 13.3. The molecule has 1 aliphatic carbocycles. The van der Waals surface area contributed by atoms with Gasteiger partial charge >= 0.3 is 0 Å². The fraction of sp³-hybridized carbons (Fsp3) is 0.650. The van der Waals surface area contributed by atoms with Crippen molar-refractivity contribution in [2.75, 3.05) is 20.1 Å². The molecule has 3 nitrogen and oxygen atoms in total. The first-order chi connectivity index (χ1) is 11.2. The summed E-state index contributed by atoms with van der Waals surface area (Å²) < 4.78 is 0. The van der Waals surface area contributed by atoms with Gasteiger partial charge in [0.05, 0.1) is 0 Å². The van der Waals surface area contributed by atoms with Crippen LogP contribution in [-0.2, 0) is 4.79 Å². The van der Waals surface area contributed by atoms with Gasteiger partial charge in [0.25, 0.3) is 0 Å². The van der Waals surface area contributed by atoms with E-state index in [1.165, 1.54) is 25.7 Å². The molecule has 1 heterocycles. The number of likely N-dealkylation sites (tertiary alicyclic amines) is 1. The number of rotatable bonds is 4. The lowest BCUT2D eigenvalue weighted by Crippen LogP contribution is -2.46. The van der Waals surface area contributed by atoms with Crippen molar-refractivity contribution in [3.8, 4) is 0 Å². The molecule has 0 aromatic heterocycles. The molecule has 0 radical (unpaired) electrons. The number of benzene rings is 1. The highest BCUT2D eigenvalue weighted by molar-refractivity contribution is 5.83. The zero-order valence-electron chi connectivity index (χ0n) is 14.6. The van der Waals surface area contributed by atoms with Crippen molar-refractivity contribution in [1.29, 1.82) is 0 Å². The van der Waals surface area contributed by atoms with Gasteiger partial charge in [-0.3, -0.25) is 9.69 Å². The normalized spacial score (nSPS) is 26.9. The van der Waals surface area contributed by atoms with Crippen LogP contribution in [0, 0.1) is 5.92 Å². The largest absolute Gasteiger partial charge is 0.341 e. The van der Waals surface area contributed by atoms with Crippen LogP contribution in [0.3, 0.4) is 0 Å². The van der Waals surface area contributed by atoms with Crippen LogP contribution in [0.25, 0.3) is 0 Å². The van der Waals surface area contributed by atoms with Gasteiger partial charge in [0.15, 0.2) is 0 Å². The summed E-state index contributed by atoms with van der Waals surface area (Å²) in [6.07, 6.45) is 7.24. The predicted octanol–water partition coefficient (Wildman–Crippen LogP) is 3.86. The second kappa shape index (κ2) is 7.48. The molecule has 1 amide bonds. The Morgan fingerprint density at radius 2 is 1.70 bits per heavy atom. The molecule has 1 saturated heterocycles. The average Bonchev–Trinajstić information content (AvgIpc) is 3.10. The Balaban J connectivity index is 1.77. The predicted molar refractivity (Wildman–Crippen MR) is 94.2 cm³/mol. The Morgan fingerprint density at radius 3 is 2.30 bits per heavy atom. The minimum absolute atomic E-state index is 0.0944. The molecule has 126 valence electrons. The molecule has 2 fully saturated rings. The summed E-state index contributed by atoms with van der Waals surface area (Å²) in [5, 5.41) is 0. The standard InChI is InChI=1S/C20H30N2O/c1-16-10-12-18(13-11-16)21(2)20(23)19(22-14-6-7-15-22)17-8-4-3-5-9-17/h3-5,8-9,16,18-19H,6-7,10-15H2,1-2H3. The number of carbonyl (C=O) groups is 1. The first kappa shape index (κ1) is 16.5. The van der Waals surface area contributed by atoms with E-state index in [0.717, 1.165) is 37.4 Å². The van der Waals surface area contributed by atoms with Crippen molar-refractivity contribution < 1.29 is 4.79 Å².